The molecule has 0 saturated carbocycles. The maximum atomic E-state index is 12.9. The Labute approximate surface area is 160 Å². The summed E-state index contributed by atoms with van der Waals surface area (Å²) in [4.78, 5) is 20.2. The molecule has 0 fully saturated rings. The number of nitrogens with one attached hydrogen (secondary N) is 2. The van der Waals surface area contributed by atoms with E-state index in [-0.39, 0.29) is 30.3 Å². The van der Waals surface area contributed by atoms with Crippen LogP contribution in [0.1, 0.15) is 25.1 Å². The number of hydrogen-bond donors (Lipinski definition) is 4. The first kappa shape index (κ1) is 18.0. The van der Waals surface area contributed by atoms with Crippen LogP contribution < -0.4 is 16.2 Å². The average Bonchev–Trinajstić information content (AvgIpc) is 3.02. The summed E-state index contributed by atoms with van der Waals surface area (Å²) in [7, 11) is 0. The third kappa shape index (κ3) is 2.38. The van der Waals surface area contributed by atoms with Crippen molar-refractivity contribution in [1.29, 1.82) is 5.41 Å². The zero-order valence-corrected chi connectivity index (χ0v) is 15.6. The van der Waals surface area contributed by atoms with Gasteiger partial charge in [0.25, 0.3) is 0 Å². The number of rotatable bonds is 4. The first-order valence-electron chi connectivity index (χ1n) is 8.89. The minimum Gasteiger partial charge on any atom is -0.512 e. The van der Waals surface area contributed by atoms with E-state index in [0.717, 1.165) is 0 Å². The van der Waals surface area contributed by atoms with Crippen LogP contribution in [0, 0.1) is 5.41 Å². The largest absolute Gasteiger partial charge is 0.512 e. The lowest BCUT2D eigenvalue weighted by atomic mass is 9.92. The van der Waals surface area contributed by atoms with Gasteiger partial charge in [-0.3, -0.25) is 9.55 Å². The van der Waals surface area contributed by atoms with Gasteiger partial charge in [0.2, 0.25) is 0 Å². The molecule has 8 heteroatoms. The molecule has 1 atom stereocenters. The molecule has 0 aliphatic carbocycles. The van der Waals surface area contributed by atoms with Crippen LogP contribution in [-0.2, 0) is 5.54 Å². The fourth-order valence-electron chi connectivity index (χ4n) is 3.92. The van der Waals surface area contributed by atoms with Crippen molar-refractivity contribution in [3.05, 3.63) is 64.0 Å². The van der Waals surface area contributed by atoms with Crippen molar-refractivity contribution in [3.63, 3.8) is 0 Å². The molecule has 3 heterocycles. The number of aliphatic hydroxyl groups excluding tert-OH is 1. The number of nitrogens with zero attached hydrogens (tertiary/aromatic N) is 2. The molecule has 0 saturated heterocycles. The Kier molecular flexibility index (Phi) is 4.08. The summed E-state index contributed by atoms with van der Waals surface area (Å²) in [5, 5.41) is 18.2. The highest BCUT2D eigenvalue weighted by molar-refractivity contribution is 6.23. The number of hydrogen-bond acceptors (Lipinski definition) is 6. The number of imidazole rings is 1. The Bertz CT molecular complexity index is 1170. The van der Waals surface area contributed by atoms with Gasteiger partial charge in [0.1, 0.15) is 17.7 Å². The van der Waals surface area contributed by atoms with Gasteiger partial charge in [-0.25, -0.2) is 4.79 Å². The van der Waals surface area contributed by atoms with Crippen LogP contribution in [0.2, 0.25) is 0 Å². The molecule has 0 bridgehead atoms. The number of ether oxygens (including phenoxy) is 1. The molecule has 8 nitrogen and oxygen atoms in total. The van der Waals surface area contributed by atoms with Crippen LogP contribution in [0.25, 0.3) is 16.6 Å². The molecule has 1 aliphatic rings. The summed E-state index contributed by atoms with van der Waals surface area (Å²) < 4.78 is 7.73. The number of nitrogens with two attached hydrogens (primary N) is 1. The highest BCUT2D eigenvalue weighted by Gasteiger charge is 2.43. The van der Waals surface area contributed by atoms with Crippen LogP contribution in [0.4, 0.5) is 0 Å². The van der Waals surface area contributed by atoms with E-state index in [1.165, 1.54) is 6.92 Å². The second-order valence-electron chi connectivity index (χ2n) is 6.93. The highest BCUT2D eigenvalue weighted by Crippen LogP contribution is 2.41. The molecule has 1 unspecified atom stereocenters. The van der Waals surface area contributed by atoms with E-state index in [1.54, 1.807) is 35.9 Å². The first-order chi connectivity index (χ1) is 13.4. The third-order valence-electron chi connectivity index (χ3n) is 5.17. The highest BCUT2D eigenvalue weighted by atomic mass is 16.5. The maximum absolute atomic E-state index is 12.9. The normalized spacial score (nSPS) is 19.2. The van der Waals surface area contributed by atoms with Crippen LogP contribution in [0.15, 0.2) is 47.1 Å². The third-order valence-corrected chi connectivity index (χ3v) is 5.17. The van der Waals surface area contributed by atoms with E-state index in [1.807, 2.05) is 12.1 Å². The molecule has 0 radical (unpaired) electrons. The van der Waals surface area contributed by atoms with E-state index in [9.17, 15) is 9.90 Å². The lowest BCUT2D eigenvalue weighted by molar-refractivity contribution is 0.171. The number of H-pyrrole nitrogens is 1. The molecule has 3 aromatic rings. The van der Waals surface area contributed by atoms with E-state index in [4.69, 9.17) is 15.9 Å². The summed E-state index contributed by atoms with van der Waals surface area (Å²) >= 11 is 0. The van der Waals surface area contributed by atoms with E-state index < -0.39 is 5.54 Å². The SMILES string of the molecule is CC(=N)/C(=C(/C)O)c1ccc2[nH]c(=O)n3c2c1OCC3(CN)c1ccccn1. The van der Waals surface area contributed by atoms with Gasteiger partial charge >= 0.3 is 5.69 Å². The number of aliphatic hydroxyl groups is 1. The number of benzene rings is 1. The monoisotopic (exact) mass is 379 g/mol. The van der Waals surface area contributed by atoms with Gasteiger partial charge in [0.15, 0.2) is 5.75 Å². The minimum atomic E-state index is -0.958. The summed E-state index contributed by atoms with van der Waals surface area (Å²) in [5.41, 5.74) is 7.77. The number of aromatic nitrogens is 3. The van der Waals surface area contributed by atoms with Gasteiger partial charge in [0, 0.05) is 29.6 Å². The maximum Gasteiger partial charge on any atom is 0.327 e. The molecule has 1 aromatic carbocycles. The zero-order valence-electron chi connectivity index (χ0n) is 15.6. The van der Waals surface area contributed by atoms with Crippen molar-refractivity contribution >= 4 is 22.3 Å². The fourth-order valence-corrected chi connectivity index (χ4v) is 3.92. The molecule has 1 aliphatic heterocycles. The Hall–Kier alpha value is -3.39. The topological polar surface area (TPSA) is 130 Å². The predicted molar refractivity (Wildman–Crippen MR) is 107 cm³/mol. The van der Waals surface area contributed by atoms with Gasteiger partial charge in [-0.1, -0.05) is 6.07 Å². The molecule has 0 spiro atoms. The standard InChI is InChI=1S/C20H21N5O3/c1-11(22)16(12(2)26)13-6-7-14-17-18(13)28-10-20(9-21,25(17)19(27)24-14)15-5-3-4-8-23-15/h3-8,22,26H,9-10,21H2,1-2H3,(H,24,27)/b16-12+,22-11?. The van der Waals surface area contributed by atoms with Crippen molar-refractivity contribution in [1.82, 2.24) is 14.5 Å². The first-order valence-corrected chi connectivity index (χ1v) is 8.89. The number of allylic oxidation sites excluding steroid dienone is 2. The summed E-state index contributed by atoms with van der Waals surface area (Å²) in [6, 6.07) is 8.94. The van der Waals surface area contributed by atoms with Gasteiger partial charge in [0.05, 0.1) is 17.0 Å². The molecule has 144 valence electrons. The van der Waals surface area contributed by atoms with Crippen molar-refractivity contribution in [2.75, 3.05) is 13.2 Å². The smallest absolute Gasteiger partial charge is 0.327 e. The molecule has 2 aromatic heterocycles. The molecular formula is C20H21N5O3. The zero-order chi connectivity index (χ0) is 20.1. The Morgan fingerprint density at radius 3 is 2.79 bits per heavy atom. The van der Waals surface area contributed by atoms with E-state index in [2.05, 4.69) is 9.97 Å². The van der Waals surface area contributed by atoms with Crippen LogP contribution in [-0.4, -0.2) is 38.5 Å². The quantitative estimate of drug-likeness (QED) is 0.408. The van der Waals surface area contributed by atoms with Crippen LogP contribution in [0.5, 0.6) is 5.75 Å². The molecule has 28 heavy (non-hydrogen) atoms. The van der Waals surface area contributed by atoms with Crippen molar-refractivity contribution in [2.45, 2.75) is 19.4 Å². The van der Waals surface area contributed by atoms with Gasteiger partial charge in [-0.2, -0.15) is 0 Å². The molecule has 5 N–H and O–H groups in total. The Balaban J connectivity index is 2.09. The second kappa shape index (κ2) is 6.35. The molecule has 4 rings (SSSR count). The van der Waals surface area contributed by atoms with Crippen LogP contribution >= 0.6 is 0 Å². The lowest BCUT2D eigenvalue weighted by Crippen LogP contribution is -2.53. The van der Waals surface area contributed by atoms with Crippen molar-refractivity contribution in [3.8, 4) is 5.75 Å². The molecular weight excluding hydrogens is 358 g/mol. The fraction of sp³-hybridized carbons (Fsp3) is 0.250. The van der Waals surface area contributed by atoms with Crippen molar-refractivity contribution in [2.24, 2.45) is 5.73 Å². The summed E-state index contributed by atoms with van der Waals surface area (Å²) in [5.74, 6) is 0.447. The van der Waals surface area contributed by atoms with Gasteiger partial charge in [-0.15, -0.1) is 0 Å². The molecule has 0 amide bonds. The van der Waals surface area contributed by atoms with Crippen molar-refractivity contribution < 1.29 is 9.84 Å². The van der Waals surface area contributed by atoms with Gasteiger partial charge in [-0.05, 0) is 38.1 Å². The number of pyridine rings is 1. The Morgan fingerprint density at radius 1 is 1.39 bits per heavy atom. The van der Waals surface area contributed by atoms with E-state index >= 15 is 0 Å². The van der Waals surface area contributed by atoms with Crippen LogP contribution in [0.3, 0.4) is 0 Å². The van der Waals surface area contributed by atoms with E-state index in [0.29, 0.717) is 33.6 Å². The summed E-state index contributed by atoms with van der Waals surface area (Å²) in [6.45, 7) is 3.34. The lowest BCUT2D eigenvalue weighted by Gasteiger charge is -2.37. The second-order valence-corrected chi connectivity index (χ2v) is 6.93. The number of aromatic amines is 1. The summed E-state index contributed by atoms with van der Waals surface area (Å²) in [6.07, 6.45) is 1.65. The Morgan fingerprint density at radius 2 is 2.18 bits per heavy atom. The predicted octanol–water partition coefficient (Wildman–Crippen LogP) is 2.15. The minimum absolute atomic E-state index is 0.0107. The average molecular weight is 379 g/mol. The van der Waals surface area contributed by atoms with Gasteiger partial charge < -0.3 is 26.0 Å².